The molecule has 0 spiro atoms. The maximum atomic E-state index is 13.0. The molecule has 0 N–H and O–H groups in total. The third-order valence-electron chi connectivity index (χ3n) is 4.89. The predicted octanol–water partition coefficient (Wildman–Crippen LogP) is 3.73. The first-order valence-electron chi connectivity index (χ1n) is 9.12. The first-order valence-corrected chi connectivity index (χ1v) is 9.12. The number of amides is 1. The molecular weight excluding hydrogens is 358 g/mol. The smallest absolute Gasteiger partial charge is 0.254 e. The van der Waals surface area contributed by atoms with Gasteiger partial charge in [-0.3, -0.25) is 4.79 Å². The lowest BCUT2D eigenvalue weighted by Crippen LogP contribution is -2.30. The number of ether oxygens (including phenoxy) is 2. The van der Waals surface area contributed by atoms with Crippen LogP contribution in [0, 0.1) is 0 Å². The van der Waals surface area contributed by atoms with E-state index in [9.17, 15) is 4.79 Å². The molecule has 1 fully saturated rings. The Balaban J connectivity index is 1.58. The zero-order chi connectivity index (χ0) is 19.5. The summed E-state index contributed by atoms with van der Waals surface area (Å²) < 4.78 is 16.0. The molecule has 7 heteroatoms. The van der Waals surface area contributed by atoms with Gasteiger partial charge in [-0.05, 0) is 43.2 Å². The fourth-order valence-corrected chi connectivity index (χ4v) is 3.44. The summed E-state index contributed by atoms with van der Waals surface area (Å²) in [7, 11) is 3.20. The molecule has 1 amide bonds. The van der Waals surface area contributed by atoms with Gasteiger partial charge in [0.25, 0.3) is 5.91 Å². The molecule has 0 saturated carbocycles. The average molecular weight is 379 g/mol. The maximum absolute atomic E-state index is 13.0. The lowest BCUT2D eigenvalue weighted by Gasteiger charge is -2.22. The van der Waals surface area contributed by atoms with Gasteiger partial charge in [-0.2, -0.15) is 4.98 Å². The number of hydrogen-bond donors (Lipinski definition) is 0. The molecule has 1 aliphatic rings. The number of methoxy groups -OCH3 is 2. The van der Waals surface area contributed by atoms with E-state index in [-0.39, 0.29) is 11.9 Å². The molecule has 2 aromatic carbocycles. The van der Waals surface area contributed by atoms with Crippen LogP contribution >= 0.6 is 0 Å². The number of carbonyl (C=O) groups excluding carboxylic acids is 1. The number of nitrogens with zero attached hydrogens (tertiary/aromatic N) is 3. The first-order chi connectivity index (χ1) is 13.7. The second-order valence-corrected chi connectivity index (χ2v) is 6.58. The molecule has 2 heterocycles. The van der Waals surface area contributed by atoms with Gasteiger partial charge in [0, 0.05) is 17.7 Å². The third-order valence-corrected chi connectivity index (χ3v) is 4.89. The van der Waals surface area contributed by atoms with Gasteiger partial charge in [-0.15, -0.1) is 0 Å². The Morgan fingerprint density at radius 1 is 1.11 bits per heavy atom. The maximum Gasteiger partial charge on any atom is 0.254 e. The summed E-state index contributed by atoms with van der Waals surface area (Å²) in [5.74, 6) is 2.24. The monoisotopic (exact) mass is 379 g/mol. The second-order valence-electron chi connectivity index (χ2n) is 6.58. The van der Waals surface area contributed by atoms with Gasteiger partial charge in [0.05, 0.1) is 14.2 Å². The Morgan fingerprint density at radius 2 is 1.86 bits per heavy atom. The molecule has 3 aromatic rings. The van der Waals surface area contributed by atoms with Crippen LogP contribution in [-0.2, 0) is 0 Å². The summed E-state index contributed by atoms with van der Waals surface area (Å²) in [4.78, 5) is 19.4. The van der Waals surface area contributed by atoms with Crippen LogP contribution in [0.15, 0.2) is 53.1 Å². The van der Waals surface area contributed by atoms with Crippen LogP contribution in [0.3, 0.4) is 0 Å². The molecule has 1 aliphatic heterocycles. The topological polar surface area (TPSA) is 77.7 Å². The third kappa shape index (κ3) is 3.43. The minimum Gasteiger partial charge on any atom is -0.497 e. The van der Waals surface area contributed by atoms with Gasteiger partial charge in [0.15, 0.2) is 0 Å². The predicted molar refractivity (Wildman–Crippen MR) is 102 cm³/mol. The van der Waals surface area contributed by atoms with Crippen LogP contribution in [0.1, 0.15) is 35.1 Å². The van der Waals surface area contributed by atoms with Crippen molar-refractivity contribution in [2.75, 3.05) is 20.8 Å². The van der Waals surface area contributed by atoms with Gasteiger partial charge in [0.1, 0.15) is 17.5 Å². The highest BCUT2D eigenvalue weighted by atomic mass is 16.5. The van der Waals surface area contributed by atoms with Gasteiger partial charge in [0.2, 0.25) is 11.7 Å². The quantitative estimate of drug-likeness (QED) is 0.672. The van der Waals surface area contributed by atoms with Crippen molar-refractivity contribution in [2.24, 2.45) is 0 Å². The van der Waals surface area contributed by atoms with E-state index in [1.165, 1.54) is 0 Å². The van der Waals surface area contributed by atoms with E-state index in [1.54, 1.807) is 31.3 Å². The number of benzene rings is 2. The van der Waals surface area contributed by atoms with Crippen molar-refractivity contribution in [3.8, 4) is 22.9 Å². The Hall–Kier alpha value is -3.35. The molecular formula is C21H21N3O4. The highest BCUT2D eigenvalue weighted by molar-refractivity contribution is 5.95. The molecule has 7 nitrogen and oxygen atoms in total. The van der Waals surface area contributed by atoms with Gasteiger partial charge in [-0.1, -0.05) is 23.4 Å². The molecule has 0 unspecified atom stereocenters. The Bertz CT molecular complexity index is 985. The molecule has 0 radical (unpaired) electrons. The molecule has 4 rings (SSSR count). The van der Waals surface area contributed by atoms with Crippen LogP contribution in [0.2, 0.25) is 0 Å². The van der Waals surface area contributed by atoms with E-state index >= 15 is 0 Å². The van der Waals surface area contributed by atoms with E-state index in [4.69, 9.17) is 14.0 Å². The van der Waals surface area contributed by atoms with Crippen LogP contribution in [0.4, 0.5) is 0 Å². The van der Waals surface area contributed by atoms with Crippen molar-refractivity contribution < 1.29 is 18.8 Å². The Kier molecular flexibility index (Phi) is 4.97. The molecule has 1 saturated heterocycles. The lowest BCUT2D eigenvalue weighted by molar-refractivity contribution is 0.0709. The van der Waals surface area contributed by atoms with E-state index < -0.39 is 0 Å². The van der Waals surface area contributed by atoms with Crippen molar-refractivity contribution in [3.63, 3.8) is 0 Å². The van der Waals surface area contributed by atoms with Crippen LogP contribution in [0.5, 0.6) is 11.5 Å². The Labute approximate surface area is 162 Å². The molecule has 1 atom stereocenters. The Morgan fingerprint density at radius 3 is 2.64 bits per heavy atom. The minimum absolute atomic E-state index is 0.0671. The molecule has 144 valence electrons. The number of rotatable bonds is 5. The lowest BCUT2D eigenvalue weighted by atomic mass is 10.1. The number of hydrogen-bond acceptors (Lipinski definition) is 6. The molecule has 1 aromatic heterocycles. The highest BCUT2D eigenvalue weighted by Crippen LogP contribution is 2.34. The fraction of sp³-hybridized carbons (Fsp3) is 0.286. The molecule has 0 bridgehead atoms. The zero-order valence-electron chi connectivity index (χ0n) is 15.8. The normalized spacial score (nSPS) is 16.2. The van der Waals surface area contributed by atoms with Gasteiger partial charge in [-0.25, -0.2) is 0 Å². The summed E-state index contributed by atoms with van der Waals surface area (Å²) in [6.45, 7) is 0.650. The largest absolute Gasteiger partial charge is 0.497 e. The number of likely N-dealkylation sites (tertiary alicyclic amines) is 1. The van der Waals surface area contributed by atoms with Crippen molar-refractivity contribution in [1.29, 1.82) is 0 Å². The van der Waals surface area contributed by atoms with E-state index in [2.05, 4.69) is 10.1 Å². The van der Waals surface area contributed by atoms with E-state index in [0.29, 0.717) is 29.6 Å². The van der Waals surface area contributed by atoms with Crippen molar-refractivity contribution in [3.05, 3.63) is 60.0 Å². The van der Waals surface area contributed by atoms with Crippen molar-refractivity contribution >= 4 is 5.91 Å². The van der Waals surface area contributed by atoms with Gasteiger partial charge < -0.3 is 18.9 Å². The second kappa shape index (κ2) is 7.72. The summed E-state index contributed by atoms with van der Waals surface area (Å²) in [5, 5.41) is 4.10. The van der Waals surface area contributed by atoms with Crippen molar-refractivity contribution in [1.82, 2.24) is 15.0 Å². The van der Waals surface area contributed by atoms with Crippen LogP contribution < -0.4 is 9.47 Å². The molecule has 28 heavy (non-hydrogen) atoms. The summed E-state index contributed by atoms with van der Waals surface area (Å²) in [5.41, 5.74) is 1.39. The number of carbonyl (C=O) groups is 1. The summed E-state index contributed by atoms with van der Waals surface area (Å²) in [6, 6.07) is 14.4. The highest BCUT2D eigenvalue weighted by Gasteiger charge is 2.34. The SMILES string of the molecule is COc1cccc(C(=O)N2CCC[C@@H]2c2nc(-c3cccc(OC)c3)no2)c1. The fourth-order valence-electron chi connectivity index (χ4n) is 3.44. The van der Waals surface area contributed by atoms with E-state index in [0.717, 1.165) is 24.2 Å². The summed E-state index contributed by atoms with van der Waals surface area (Å²) >= 11 is 0. The minimum atomic E-state index is -0.231. The van der Waals surface area contributed by atoms with Crippen molar-refractivity contribution in [2.45, 2.75) is 18.9 Å². The first kappa shape index (κ1) is 18.0. The van der Waals surface area contributed by atoms with Crippen LogP contribution in [0.25, 0.3) is 11.4 Å². The van der Waals surface area contributed by atoms with Gasteiger partial charge >= 0.3 is 0 Å². The zero-order valence-corrected chi connectivity index (χ0v) is 15.8. The van der Waals surface area contributed by atoms with E-state index in [1.807, 2.05) is 36.4 Å². The average Bonchev–Trinajstić information content (AvgIpc) is 3.42. The molecule has 0 aliphatic carbocycles. The standard InChI is InChI=1S/C21H21N3O4/c1-26-16-8-3-6-14(12-16)19-22-20(28-23-19)18-10-5-11-24(18)21(25)15-7-4-9-17(13-15)27-2/h3-4,6-9,12-13,18H,5,10-11H2,1-2H3/t18-/m1/s1. The van der Waals surface area contributed by atoms with Crippen LogP contribution in [-0.4, -0.2) is 41.7 Å². The number of aromatic nitrogens is 2. The summed E-state index contributed by atoms with van der Waals surface area (Å²) in [6.07, 6.45) is 1.67.